The van der Waals surface area contributed by atoms with Crippen molar-refractivity contribution in [1.29, 1.82) is 0 Å². The fourth-order valence-electron chi connectivity index (χ4n) is 7.13. The molecule has 4 aromatic heterocycles. The molecule has 0 atom stereocenters. The van der Waals surface area contributed by atoms with Crippen LogP contribution in [0.3, 0.4) is 0 Å². The normalized spacial score (nSPS) is 11.6. The Labute approximate surface area is 287 Å². The van der Waals surface area contributed by atoms with E-state index in [0.717, 1.165) is 66.3 Å². The molecule has 50 heavy (non-hydrogen) atoms. The van der Waals surface area contributed by atoms with E-state index in [-0.39, 0.29) is 0 Å². The number of benzene rings is 6. The van der Waals surface area contributed by atoms with E-state index < -0.39 is 0 Å². The summed E-state index contributed by atoms with van der Waals surface area (Å²) in [5.74, 6) is 1.85. The van der Waals surface area contributed by atoms with Gasteiger partial charge in [0.2, 0.25) is 5.95 Å². The van der Waals surface area contributed by atoms with Crippen molar-refractivity contribution in [3.63, 3.8) is 0 Å². The van der Waals surface area contributed by atoms with Crippen LogP contribution in [0.25, 0.3) is 89.3 Å². The maximum atomic E-state index is 5.08. The molecular formula is C44H28N6. The lowest BCUT2D eigenvalue weighted by atomic mass is 10.0. The van der Waals surface area contributed by atoms with Gasteiger partial charge in [0.1, 0.15) is 5.65 Å². The van der Waals surface area contributed by atoms with Gasteiger partial charge in [0, 0.05) is 44.6 Å². The van der Waals surface area contributed by atoms with Crippen LogP contribution >= 0.6 is 0 Å². The molecule has 0 spiro atoms. The van der Waals surface area contributed by atoms with Crippen molar-refractivity contribution < 1.29 is 0 Å². The average molecular weight is 641 g/mol. The van der Waals surface area contributed by atoms with Crippen molar-refractivity contribution in [2.24, 2.45) is 0 Å². The molecule has 0 aliphatic carbocycles. The van der Waals surface area contributed by atoms with Crippen LogP contribution in [-0.2, 0) is 0 Å². The van der Waals surface area contributed by atoms with Gasteiger partial charge in [0.25, 0.3) is 0 Å². The number of fused-ring (bicyclic) bond motifs is 6. The molecule has 6 aromatic carbocycles. The van der Waals surface area contributed by atoms with Gasteiger partial charge in [-0.3, -0.25) is 9.13 Å². The summed E-state index contributed by atoms with van der Waals surface area (Å²) in [5, 5.41) is 4.57. The van der Waals surface area contributed by atoms with Crippen molar-refractivity contribution in [1.82, 2.24) is 29.1 Å². The van der Waals surface area contributed by atoms with Crippen molar-refractivity contribution in [2.45, 2.75) is 0 Å². The van der Waals surface area contributed by atoms with Crippen LogP contribution in [0.15, 0.2) is 170 Å². The number of rotatable bonds is 5. The molecule has 0 unspecified atom stereocenters. The minimum absolute atomic E-state index is 0.583. The molecule has 0 aliphatic heterocycles. The van der Waals surface area contributed by atoms with Gasteiger partial charge < -0.3 is 0 Å². The van der Waals surface area contributed by atoms with Gasteiger partial charge in [-0.2, -0.15) is 9.97 Å². The summed E-state index contributed by atoms with van der Waals surface area (Å²) in [7, 11) is 0. The summed E-state index contributed by atoms with van der Waals surface area (Å²) in [5.41, 5.74) is 9.41. The molecule has 0 bridgehead atoms. The van der Waals surface area contributed by atoms with Crippen molar-refractivity contribution in [3.8, 4) is 45.5 Å². The van der Waals surface area contributed by atoms with E-state index in [4.69, 9.17) is 19.9 Å². The zero-order valence-electron chi connectivity index (χ0n) is 26.8. The molecule has 6 nitrogen and oxygen atoms in total. The fourth-order valence-corrected chi connectivity index (χ4v) is 7.13. The van der Waals surface area contributed by atoms with Crippen molar-refractivity contribution >= 4 is 43.7 Å². The Hall–Kier alpha value is -6.92. The first-order chi connectivity index (χ1) is 24.8. The summed E-state index contributed by atoms with van der Waals surface area (Å²) in [4.78, 5) is 19.9. The Bertz CT molecular complexity index is 2800. The number of para-hydroxylation sites is 2. The summed E-state index contributed by atoms with van der Waals surface area (Å²) < 4.78 is 4.41. The van der Waals surface area contributed by atoms with Crippen LogP contribution in [0.2, 0.25) is 0 Å². The Morgan fingerprint density at radius 3 is 1.54 bits per heavy atom. The van der Waals surface area contributed by atoms with E-state index in [1.54, 1.807) is 0 Å². The second-order valence-corrected chi connectivity index (χ2v) is 12.4. The van der Waals surface area contributed by atoms with Gasteiger partial charge in [-0.05, 0) is 65.7 Å². The molecule has 0 saturated carbocycles. The first-order valence-corrected chi connectivity index (χ1v) is 16.7. The molecule has 0 radical (unpaired) electrons. The minimum Gasteiger partial charge on any atom is -0.294 e. The van der Waals surface area contributed by atoms with Crippen LogP contribution in [-0.4, -0.2) is 29.1 Å². The fraction of sp³-hybridized carbons (Fsp3) is 0. The third-order valence-electron chi connectivity index (χ3n) is 9.43. The number of hydrogen-bond donors (Lipinski definition) is 0. The van der Waals surface area contributed by atoms with E-state index in [0.29, 0.717) is 17.6 Å². The molecule has 0 saturated heterocycles. The van der Waals surface area contributed by atoms with E-state index in [9.17, 15) is 0 Å². The van der Waals surface area contributed by atoms with Gasteiger partial charge in [-0.15, -0.1) is 0 Å². The number of pyridine rings is 1. The molecule has 6 heteroatoms. The quantitative estimate of drug-likeness (QED) is 0.188. The molecule has 0 fully saturated rings. The molecule has 4 heterocycles. The minimum atomic E-state index is 0.583. The van der Waals surface area contributed by atoms with Crippen molar-refractivity contribution in [2.75, 3.05) is 0 Å². The molecular weight excluding hydrogens is 613 g/mol. The zero-order chi connectivity index (χ0) is 33.0. The highest BCUT2D eigenvalue weighted by Gasteiger charge is 2.19. The highest BCUT2D eigenvalue weighted by Crippen LogP contribution is 2.38. The highest BCUT2D eigenvalue weighted by molar-refractivity contribution is 6.12. The second-order valence-electron chi connectivity index (χ2n) is 12.4. The molecule has 10 rings (SSSR count). The smallest absolute Gasteiger partial charge is 0.238 e. The largest absolute Gasteiger partial charge is 0.294 e. The first kappa shape index (κ1) is 28.1. The molecule has 0 aliphatic rings. The van der Waals surface area contributed by atoms with E-state index in [1.807, 2.05) is 79.0 Å². The predicted molar refractivity (Wildman–Crippen MR) is 203 cm³/mol. The maximum absolute atomic E-state index is 5.08. The third kappa shape index (κ3) is 4.50. The van der Waals surface area contributed by atoms with Gasteiger partial charge in [0.05, 0.1) is 16.6 Å². The SMILES string of the molecule is c1ccc(-c2nc(-c3ccccc3)nc(-n3c4ccccc4c4cc(-c5ccc6c(c5)c5cccnc5n6-c5ccccc5)ccc43)n2)cc1. The Balaban J connectivity index is 1.17. The summed E-state index contributed by atoms with van der Waals surface area (Å²) in [6, 6.07) is 56.7. The van der Waals surface area contributed by atoms with E-state index >= 15 is 0 Å². The molecule has 0 amide bonds. The maximum Gasteiger partial charge on any atom is 0.238 e. The first-order valence-electron chi connectivity index (χ1n) is 16.7. The summed E-state index contributed by atoms with van der Waals surface area (Å²) in [6.07, 6.45) is 1.86. The lowest BCUT2D eigenvalue weighted by Crippen LogP contribution is -2.06. The monoisotopic (exact) mass is 640 g/mol. The Morgan fingerprint density at radius 2 is 0.880 bits per heavy atom. The van der Waals surface area contributed by atoms with Crippen LogP contribution in [0.1, 0.15) is 0 Å². The average Bonchev–Trinajstić information content (AvgIpc) is 3.71. The van der Waals surface area contributed by atoms with E-state index in [1.165, 1.54) is 5.39 Å². The van der Waals surface area contributed by atoms with Gasteiger partial charge in [-0.1, -0.05) is 109 Å². The van der Waals surface area contributed by atoms with Crippen LogP contribution in [0, 0.1) is 0 Å². The van der Waals surface area contributed by atoms with E-state index in [2.05, 4.69) is 100 Å². The van der Waals surface area contributed by atoms with Gasteiger partial charge in [0.15, 0.2) is 11.6 Å². The standard InChI is InChI=1S/C44H28N6/c1-4-13-29(14-5-1)41-46-42(30-15-6-2-7-16-30)48-44(47-41)50-38-21-11-10-19-34(38)36-27-31(23-25-40(36)50)32-22-24-39-37(28-32)35-20-12-26-45-43(35)49(39)33-17-8-3-9-18-33/h1-28H. The lowest BCUT2D eigenvalue weighted by Gasteiger charge is -2.11. The van der Waals surface area contributed by atoms with Crippen LogP contribution < -0.4 is 0 Å². The van der Waals surface area contributed by atoms with Crippen LogP contribution in [0.4, 0.5) is 0 Å². The molecule has 0 N–H and O–H groups in total. The predicted octanol–water partition coefficient (Wildman–Crippen LogP) is 10.5. The third-order valence-corrected chi connectivity index (χ3v) is 9.43. The number of nitrogens with zero attached hydrogens (tertiary/aromatic N) is 6. The zero-order valence-corrected chi connectivity index (χ0v) is 26.8. The Morgan fingerprint density at radius 1 is 0.360 bits per heavy atom. The van der Waals surface area contributed by atoms with Gasteiger partial charge in [-0.25, -0.2) is 9.97 Å². The van der Waals surface area contributed by atoms with Crippen LogP contribution in [0.5, 0.6) is 0 Å². The second kappa shape index (κ2) is 11.4. The topological polar surface area (TPSA) is 61.4 Å². The Kier molecular flexibility index (Phi) is 6.39. The summed E-state index contributed by atoms with van der Waals surface area (Å²) in [6.45, 7) is 0. The highest BCUT2D eigenvalue weighted by atomic mass is 15.2. The number of aromatic nitrogens is 6. The summed E-state index contributed by atoms with van der Waals surface area (Å²) >= 11 is 0. The molecule has 234 valence electrons. The molecule has 10 aromatic rings. The lowest BCUT2D eigenvalue weighted by molar-refractivity contribution is 0.953. The van der Waals surface area contributed by atoms with Gasteiger partial charge >= 0.3 is 0 Å². The number of hydrogen-bond acceptors (Lipinski definition) is 4. The van der Waals surface area contributed by atoms with Crippen molar-refractivity contribution in [3.05, 3.63) is 170 Å².